The molecule has 0 bridgehead atoms. The molecule has 0 amide bonds. The normalized spacial score (nSPS) is 16.9. The number of anilines is 1. The van der Waals surface area contributed by atoms with Crippen molar-refractivity contribution in [1.29, 1.82) is 0 Å². The molecule has 2 nitrogen and oxygen atoms in total. The van der Waals surface area contributed by atoms with Crippen LogP contribution in [-0.2, 0) is 5.54 Å². The third kappa shape index (κ3) is 2.22. The van der Waals surface area contributed by atoms with Gasteiger partial charge in [-0.2, -0.15) is 0 Å². The molecule has 2 heteroatoms. The van der Waals surface area contributed by atoms with E-state index in [0.717, 1.165) is 0 Å². The van der Waals surface area contributed by atoms with Crippen LogP contribution in [0.5, 0.6) is 0 Å². The zero-order valence-corrected chi connectivity index (χ0v) is 10.6. The molecule has 1 aliphatic heterocycles. The van der Waals surface area contributed by atoms with Gasteiger partial charge in [0.25, 0.3) is 0 Å². The number of hydrogen-bond acceptors (Lipinski definition) is 2. The first-order chi connectivity index (χ1) is 7.48. The number of nitrogens with zero attached hydrogens (tertiary/aromatic N) is 1. The fraction of sp³-hybridized carbons (Fsp3) is 0.571. The molecule has 16 heavy (non-hydrogen) atoms. The van der Waals surface area contributed by atoms with E-state index in [9.17, 15) is 0 Å². The van der Waals surface area contributed by atoms with Crippen molar-refractivity contribution < 1.29 is 0 Å². The summed E-state index contributed by atoms with van der Waals surface area (Å²) in [7, 11) is 0. The van der Waals surface area contributed by atoms with E-state index >= 15 is 0 Å². The van der Waals surface area contributed by atoms with Crippen molar-refractivity contribution in [1.82, 2.24) is 0 Å². The molecule has 0 aliphatic carbocycles. The predicted octanol–water partition coefficient (Wildman–Crippen LogP) is 2.79. The molecule has 1 aromatic rings. The Kier molecular flexibility index (Phi) is 2.94. The highest BCUT2D eigenvalue weighted by Crippen LogP contribution is 2.31. The summed E-state index contributed by atoms with van der Waals surface area (Å²) in [5.74, 6) is 0. The van der Waals surface area contributed by atoms with Crippen LogP contribution in [0, 0.1) is 6.92 Å². The van der Waals surface area contributed by atoms with Gasteiger partial charge in [0.15, 0.2) is 0 Å². The van der Waals surface area contributed by atoms with Crippen LogP contribution in [0.1, 0.15) is 37.8 Å². The lowest BCUT2D eigenvalue weighted by atomic mass is 9.92. The molecule has 2 rings (SSSR count). The van der Waals surface area contributed by atoms with E-state index in [1.165, 1.54) is 42.7 Å². The Balaban J connectivity index is 2.43. The quantitative estimate of drug-likeness (QED) is 0.827. The molecule has 88 valence electrons. The van der Waals surface area contributed by atoms with Crippen LogP contribution in [0.15, 0.2) is 18.2 Å². The Bertz CT molecular complexity index is 371. The first kappa shape index (κ1) is 11.5. The van der Waals surface area contributed by atoms with Gasteiger partial charge in [0, 0.05) is 24.3 Å². The minimum Gasteiger partial charge on any atom is -0.371 e. The van der Waals surface area contributed by atoms with Gasteiger partial charge in [0.05, 0.1) is 0 Å². The van der Waals surface area contributed by atoms with Gasteiger partial charge in [0.1, 0.15) is 0 Å². The number of rotatable bonds is 2. The standard InChI is InChI=1S/C14H22N2/c1-11-6-7-13(16-8-4-5-9-16)12(10-11)14(2,3)15/h6-7,10H,4-5,8-9,15H2,1-3H3. The summed E-state index contributed by atoms with van der Waals surface area (Å²) in [6, 6.07) is 6.64. The molecule has 1 aromatic carbocycles. The number of nitrogens with two attached hydrogens (primary N) is 1. The molecule has 0 unspecified atom stereocenters. The highest BCUT2D eigenvalue weighted by molar-refractivity contribution is 5.58. The van der Waals surface area contributed by atoms with Gasteiger partial charge in [-0.3, -0.25) is 0 Å². The van der Waals surface area contributed by atoms with Gasteiger partial charge in [-0.15, -0.1) is 0 Å². The third-order valence-corrected chi connectivity index (χ3v) is 3.29. The van der Waals surface area contributed by atoms with Crippen LogP contribution in [0.2, 0.25) is 0 Å². The highest BCUT2D eigenvalue weighted by Gasteiger charge is 2.23. The Hall–Kier alpha value is -1.02. The molecule has 0 atom stereocenters. The topological polar surface area (TPSA) is 29.3 Å². The molecule has 1 aliphatic rings. The second kappa shape index (κ2) is 4.10. The van der Waals surface area contributed by atoms with Gasteiger partial charge >= 0.3 is 0 Å². The Morgan fingerprint density at radius 3 is 2.38 bits per heavy atom. The van der Waals surface area contributed by atoms with E-state index in [1.54, 1.807) is 0 Å². The lowest BCUT2D eigenvalue weighted by Crippen LogP contribution is -2.32. The summed E-state index contributed by atoms with van der Waals surface area (Å²) >= 11 is 0. The summed E-state index contributed by atoms with van der Waals surface area (Å²) in [6.45, 7) is 8.64. The number of benzene rings is 1. The van der Waals surface area contributed by atoms with Crippen molar-refractivity contribution in [3.05, 3.63) is 29.3 Å². The molecule has 1 saturated heterocycles. The zero-order chi connectivity index (χ0) is 11.8. The fourth-order valence-corrected chi connectivity index (χ4v) is 2.40. The van der Waals surface area contributed by atoms with E-state index in [2.05, 4.69) is 43.9 Å². The molecule has 0 radical (unpaired) electrons. The van der Waals surface area contributed by atoms with Crippen LogP contribution in [-0.4, -0.2) is 13.1 Å². The predicted molar refractivity (Wildman–Crippen MR) is 69.8 cm³/mol. The van der Waals surface area contributed by atoms with Crippen LogP contribution in [0.3, 0.4) is 0 Å². The molecule has 0 saturated carbocycles. The van der Waals surface area contributed by atoms with Crippen LogP contribution in [0.4, 0.5) is 5.69 Å². The maximum atomic E-state index is 6.27. The number of hydrogen-bond donors (Lipinski definition) is 1. The van der Waals surface area contributed by atoms with Gasteiger partial charge in [-0.05, 0) is 45.2 Å². The Labute approximate surface area is 98.4 Å². The zero-order valence-electron chi connectivity index (χ0n) is 10.6. The minimum atomic E-state index is -0.260. The maximum Gasteiger partial charge on any atom is 0.0417 e. The first-order valence-corrected chi connectivity index (χ1v) is 6.13. The van der Waals surface area contributed by atoms with Crippen molar-refractivity contribution in [2.75, 3.05) is 18.0 Å². The van der Waals surface area contributed by atoms with Crippen molar-refractivity contribution in [3.63, 3.8) is 0 Å². The molecular formula is C14H22N2. The summed E-state index contributed by atoms with van der Waals surface area (Å²) in [4.78, 5) is 2.46. The Morgan fingerprint density at radius 1 is 1.19 bits per heavy atom. The second-order valence-corrected chi connectivity index (χ2v) is 5.44. The Morgan fingerprint density at radius 2 is 1.81 bits per heavy atom. The molecule has 1 fully saturated rings. The van der Waals surface area contributed by atoms with Gasteiger partial charge in [-0.1, -0.05) is 17.7 Å². The van der Waals surface area contributed by atoms with Gasteiger partial charge in [-0.25, -0.2) is 0 Å². The van der Waals surface area contributed by atoms with Crippen molar-refractivity contribution in [2.24, 2.45) is 5.73 Å². The fourth-order valence-electron chi connectivity index (χ4n) is 2.40. The van der Waals surface area contributed by atoms with E-state index in [0.29, 0.717) is 0 Å². The largest absolute Gasteiger partial charge is 0.371 e. The summed E-state index contributed by atoms with van der Waals surface area (Å²) in [5, 5.41) is 0. The van der Waals surface area contributed by atoms with Crippen LogP contribution in [0.25, 0.3) is 0 Å². The van der Waals surface area contributed by atoms with E-state index in [1.807, 2.05) is 0 Å². The molecule has 0 aromatic heterocycles. The smallest absolute Gasteiger partial charge is 0.0417 e. The SMILES string of the molecule is Cc1ccc(N2CCCC2)c(C(C)(C)N)c1. The van der Waals surface area contributed by atoms with E-state index in [-0.39, 0.29) is 5.54 Å². The summed E-state index contributed by atoms with van der Waals surface area (Å²) < 4.78 is 0. The minimum absolute atomic E-state index is 0.260. The first-order valence-electron chi connectivity index (χ1n) is 6.13. The monoisotopic (exact) mass is 218 g/mol. The van der Waals surface area contributed by atoms with Gasteiger partial charge < -0.3 is 10.6 Å². The average molecular weight is 218 g/mol. The second-order valence-electron chi connectivity index (χ2n) is 5.44. The van der Waals surface area contributed by atoms with Crippen molar-refractivity contribution in [3.8, 4) is 0 Å². The van der Waals surface area contributed by atoms with Gasteiger partial charge in [0.2, 0.25) is 0 Å². The molecule has 2 N–H and O–H groups in total. The lowest BCUT2D eigenvalue weighted by molar-refractivity contribution is 0.553. The van der Waals surface area contributed by atoms with Crippen molar-refractivity contribution >= 4 is 5.69 Å². The molecular weight excluding hydrogens is 196 g/mol. The average Bonchev–Trinajstić information content (AvgIpc) is 2.69. The number of aryl methyl sites for hydroxylation is 1. The van der Waals surface area contributed by atoms with Crippen LogP contribution >= 0.6 is 0 Å². The lowest BCUT2D eigenvalue weighted by Gasteiger charge is -2.28. The maximum absolute atomic E-state index is 6.27. The highest BCUT2D eigenvalue weighted by atomic mass is 15.1. The van der Waals surface area contributed by atoms with Crippen molar-refractivity contribution in [2.45, 2.75) is 39.2 Å². The molecule has 0 spiro atoms. The summed E-state index contributed by atoms with van der Waals surface area (Å²) in [6.07, 6.45) is 2.61. The molecule has 1 heterocycles. The van der Waals surface area contributed by atoms with E-state index < -0.39 is 0 Å². The van der Waals surface area contributed by atoms with Crippen LogP contribution < -0.4 is 10.6 Å². The third-order valence-electron chi connectivity index (χ3n) is 3.29. The van der Waals surface area contributed by atoms with E-state index in [4.69, 9.17) is 5.73 Å². The summed E-state index contributed by atoms with van der Waals surface area (Å²) in [5.41, 5.74) is 9.90.